The number of benzene rings is 1. The summed E-state index contributed by atoms with van der Waals surface area (Å²) in [4.78, 5) is 36.2. The molecule has 3 amide bonds. The highest BCUT2D eigenvalue weighted by molar-refractivity contribution is 6.07. The quantitative estimate of drug-likeness (QED) is 0.322. The molecule has 2 unspecified atom stereocenters. The molecule has 0 bridgehead atoms. The molecule has 0 aliphatic heterocycles. The van der Waals surface area contributed by atoms with Crippen LogP contribution < -0.4 is 21.7 Å². The van der Waals surface area contributed by atoms with Crippen molar-refractivity contribution < 1.29 is 32.7 Å². The molecule has 180 valence electrons. The lowest BCUT2D eigenvalue weighted by molar-refractivity contribution is -0.137. The Hall–Kier alpha value is -2.66. The molecule has 0 saturated carbocycles. The summed E-state index contributed by atoms with van der Waals surface area (Å²) in [6, 6.07) is 1.36. The Morgan fingerprint density at radius 3 is 2.31 bits per heavy atom. The first-order valence-corrected chi connectivity index (χ1v) is 10.3. The Morgan fingerprint density at radius 2 is 1.78 bits per heavy atom. The fourth-order valence-corrected chi connectivity index (χ4v) is 2.94. The predicted octanol–water partition coefficient (Wildman–Crippen LogP) is 1.43. The summed E-state index contributed by atoms with van der Waals surface area (Å²) in [5.74, 6) is -2.41. The second-order valence-electron chi connectivity index (χ2n) is 7.89. The highest BCUT2D eigenvalue weighted by atomic mass is 19.4. The number of alkyl halides is 3. The van der Waals surface area contributed by atoms with Gasteiger partial charge in [-0.05, 0) is 37.1 Å². The minimum atomic E-state index is -4.73. The molecule has 0 aliphatic carbocycles. The monoisotopic (exact) mass is 460 g/mol. The van der Waals surface area contributed by atoms with Crippen molar-refractivity contribution in [3.05, 3.63) is 34.9 Å². The smallest absolute Gasteiger partial charge is 0.391 e. The van der Waals surface area contributed by atoms with Gasteiger partial charge in [0, 0.05) is 6.54 Å². The van der Waals surface area contributed by atoms with E-state index in [1.165, 1.54) is 0 Å². The number of halogens is 3. The van der Waals surface area contributed by atoms with Gasteiger partial charge in [0.05, 0.1) is 35.4 Å². The predicted molar refractivity (Wildman–Crippen MR) is 113 cm³/mol. The van der Waals surface area contributed by atoms with Crippen molar-refractivity contribution in [1.29, 1.82) is 0 Å². The van der Waals surface area contributed by atoms with Crippen molar-refractivity contribution in [3.63, 3.8) is 0 Å². The molecule has 0 radical (unpaired) electrons. The van der Waals surface area contributed by atoms with E-state index in [2.05, 4.69) is 16.0 Å². The highest BCUT2D eigenvalue weighted by Gasteiger charge is 2.32. The molecule has 0 aromatic heterocycles. The van der Waals surface area contributed by atoms with E-state index < -0.39 is 59.3 Å². The molecule has 2 atom stereocenters. The van der Waals surface area contributed by atoms with Gasteiger partial charge in [0.25, 0.3) is 5.91 Å². The Morgan fingerprint density at radius 1 is 1.12 bits per heavy atom. The van der Waals surface area contributed by atoms with Gasteiger partial charge in [-0.1, -0.05) is 27.2 Å². The van der Waals surface area contributed by atoms with Crippen molar-refractivity contribution in [2.24, 2.45) is 11.7 Å². The van der Waals surface area contributed by atoms with Crippen molar-refractivity contribution in [2.45, 2.75) is 51.9 Å². The Labute approximate surface area is 185 Å². The Bertz CT molecular complexity index is 800. The zero-order valence-electron chi connectivity index (χ0n) is 18.4. The first-order chi connectivity index (χ1) is 14.9. The average molecular weight is 460 g/mol. The first kappa shape index (κ1) is 27.4. The molecule has 6 N–H and O–H groups in total. The van der Waals surface area contributed by atoms with E-state index in [1.807, 2.05) is 20.8 Å². The summed E-state index contributed by atoms with van der Waals surface area (Å²) in [6.07, 6.45) is -4.40. The Kier molecular flexibility index (Phi) is 10.6. The van der Waals surface area contributed by atoms with Crippen LogP contribution in [0.3, 0.4) is 0 Å². The van der Waals surface area contributed by atoms with Gasteiger partial charge < -0.3 is 26.8 Å². The van der Waals surface area contributed by atoms with Crippen LogP contribution in [0.25, 0.3) is 0 Å². The van der Waals surface area contributed by atoms with Crippen LogP contribution >= 0.6 is 0 Å². The maximum Gasteiger partial charge on any atom is 0.416 e. The molecular weight excluding hydrogens is 429 g/mol. The van der Waals surface area contributed by atoms with Gasteiger partial charge in [-0.25, -0.2) is 0 Å². The number of aliphatic hydroxyl groups excluding tert-OH is 1. The minimum absolute atomic E-state index is 0.304. The number of aliphatic hydroxyl groups is 1. The number of amides is 3. The van der Waals surface area contributed by atoms with E-state index in [4.69, 9.17) is 5.73 Å². The van der Waals surface area contributed by atoms with Crippen molar-refractivity contribution in [3.8, 4) is 0 Å². The van der Waals surface area contributed by atoms with Crippen LogP contribution in [0.1, 0.15) is 59.9 Å². The van der Waals surface area contributed by atoms with Gasteiger partial charge in [0.2, 0.25) is 11.8 Å². The highest BCUT2D eigenvalue weighted by Crippen LogP contribution is 2.30. The molecule has 8 nitrogen and oxygen atoms in total. The molecular formula is C21H31F3N4O4. The second-order valence-corrected chi connectivity index (χ2v) is 7.89. The summed E-state index contributed by atoms with van der Waals surface area (Å²) < 4.78 is 38.9. The third-order valence-electron chi connectivity index (χ3n) is 4.58. The van der Waals surface area contributed by atoms with Crippen molar-refractivity contribution in [1.82, 2.24) is 16.0 Å². The summed E-state index contributed by atoms with van der Waals surface area (Å²) >= 11 is 0. The van der Waals surface area contributed by atoms with Crippen molar-refractivity contribution >= 4 is 17.7 Å². The van der Waals surface area contributed by atoms with Gasteiger partial charge in [0.1, 0.15) is 0 Å². The minimum Gasteiger partial charge on any atom is -0.391 e. The summed E-state index contributed by atoms with van der Waals surface area (Å²) in [6.45, 7) is 6.31. The van der Waals surface area contributed by atoms with Crippen LogP contribution in [0.5, 0.6) is 0 Å². The molecule has 11 heteroatoms. The number of nitrogens with one attached hydrogen (secondary N) is 3. The number of hydrogen-bond acceptors (Lipinski definition) is 5. The number of primary amides is 1. The molecule has 0 saturated heterocycles. The lowest BCUT2D eigenvalue weighted by Crippen LogP contribution is -2.52. The molecule has 1 aromatic carbocycles. The maximum absolute atomic E-state index is 13.0. The van der Waals surface area contributed by atoms with E-state index in [1.54, 1.807) is 0 Å². The van der Waals surface area contributed by atoms with Crippen LogP contribution in [0.2, 0.25) is 0 Å². The zero-order valence-corrected chi connectivity index (χ0v) is 18.4. The van der Waals surface area contributed by atoms with Gasteiger partial charge >= 0.3 is 6.18 Å². The average Bonchev–Trinajstić information content (AvgIpc) is 2.69. The zero-order chi connectivity index (χ0) is 24.5. The SMILES string of the molecule is CCCC(O)C(CNCC(C)C)NC(=O)CNC(=O)c1cc(C(F)(F)F)ccc1C(N)=O. The van der Waals surface area contributed by atoms with E-state index >= 15 is 0 Å². The lowest BCUT2D eigenvalue weighted by atomic mass is 10.0. The largest absolute Gasteiger partial charge is 0.416 e. The van der Waals surface area contributed by atoms with Gasteiger partial charge in [-0.3, -0.25) is 14.4 Å². The summed E-state index contributed by atoms with van der Waals surface area (Å²) in [7, 11) is 0. The van der Waals surface area contributed by atoms with Gasteiger partial charge in [0.15, 0.2) is 0 Å². The molecule has 0 heterocycles. The number of nitrogens with two attached hydrogens (primary N) is 1. The standard InChI is InChI=1S/C21H31F3N4O4/c1-4-5-17(29)16(10-26-9-12(2)3)28-18(30)11-27-20(32)15-8-13(21(22,23)24)6-7-14(15)19(25)31/h6-8,12,16-17,26,29H,4-5,9-11H2,1-3H3,(H2,25,31)(H,27,32)(H,28,30). The molecule has 32 heavy (non-hydrogen) atoms. The van der Waals surface area contributed by atoms with Gasteiger partial charge in [-0.2, -0.15) is 13.2 Å². The fourth-order valence-electron chi connectivity index (χ4n) is 2.94. The molecule has 0 aliphatic rings. The topological polar surface area (TPSA) is 134 Å². The van der Waals surface area contributed by atoms with E-state index in [0.717, 1.165) is 6.07 Å². The third kappa shape index (κ3) is 8.83. The van der Waals surface area contributed by atoms with Crippen LogP contribution in [0, 0.1) is 5.92 Å². The Balaban J connectivity index is 2.85. The molecule has 0 fully saturated rings. The van der Waals surface area contributed by atoms with Crippen LogP contribution in [0.15, 0.2) is 18.2 Å². The maximum atomic E-state index is 13.0. The molecule has 0 spiro atoms. The fraction of sp³-hybridized carbons (Fsp3) is 0.571. The van der Waals surface area contributed by atoms with Crippen LogP contribution in [-0.4, -0.2) is 54.6 Å². The number of carbonyl (C=O) groups is 3. The third-order valence-corrected chi connectivity index (χ3v) is 4.58. The number of rotatable bonds is 12. The van der Waals surface area contributed by atoms with Crippen LogP contribution in [0.4, 0.5) is 13.2 Å². The van der Waals surface area contributed by atoms with Gasteiger partial charge in [-0.15, -0.1) is 0 Å². The number of hydrogen-bond donors (Lipinski definition) is 5. The van der Waals surface area contributed by atoms with E-state index in [-0.39, 0.29) is 0 Å². The van der Waals surface area contributed by atoms with E-state index in [0.29, 0.717) is 44.0 Å². The van der Waals surface area contributed by atoms with E-state index in [9.17, 15) is 32.7 Å². The molecule has 1 aromatic rings. The van der Waals surface area contributed by atoms with Crippen molar-refractivity contribution in [2.75, 3.05) is 19.6 Å². The second kappa shape index (κ2) is 12.4. The first-order valence-electron chi connectivity index (χ1n) is 10.3. The summed E-state index contributed by atoms with van der Waals surface area (Å²) in [5, 5.41) is 18.2. The summed E-state index contributed by atoms with van der Waals surface area (Å²) in [5.41, 5.74) is 3.04. The molecule has 1 rings (SSSR count). The number of carbonyl (C=O) groups excluding carboxylic acids is 3. The normalized spacial score (nSPS) is 13.5. The van der Waals surface area contributed by atoms with Crippen LogP contribution in [-0.2, 0) is 11.0 Å². The lowest BCUT2D eigenvalue weighted by Gasteiger charge is -2.25.